The Labute approximate surface area is 165 Å². The molecule has 2 rings (SSSR count). The fourth-order valence-electron chi connectivity index (χ4n) is 2.44. The van der Waals surface area contributed by atoms with E-state index < -0.39 is 10.0 Å². The molecule has 0 heterocycles. The molecular weight excluding hydrogens is 388 g/mol. The molecular formula is C19H23ClN2O4S. The van der Waals surface area contributed by atoms with Gasteiger partial charge in [-0.3, -0.25) is 4.79 Å². The van der Waals surface area contributed by atoms with Gasteiger partial charge < -0.3 is 10.1 Å². The van der Waals surface area contributed by atoms with Crippen LogP contribution in [0, 0.1) is 0 Å². The number of carbonyl (C=O) groups excluding carboxylic acids is 1. The summed E-state index contributed by atoms with van der Waals surface area (Å²) >= 11 is 5.78. The Morgan fingerprint density at radius 2 is 1.74 bits per heavy atom. The maximum Gasteiger partial charge on any atom is 0.243 e. The number of hydrogen-bond acceptors (Lipinski definition) is 4. The first-order valence-corrected chi connectivity index (χ1v) is 10.3. The van der Waals surface area contributed by atoms with E-state index >= 15 is 0 Å². The molecule has 0 aliphatic heterocycles. The second kappa shape index (κ2) is 9.73. The molecule has 1 amide bonds. The van der Waals surface area contributed by atoms with E-state index in [0.717, 1.165) is 28.5 Å². The van der Waals surface area contributed by atoms with Crippen LogP contribution in [-0.4, -0.2) is 45.9 Å². The average Bonchev–Trinajstić information content (AvgIpc) is 2.66. The highest BCUT2D eigenvalue weighted by molar-refractivity contribution is 7.89. The summed E-state index contributed by atoms with van der Waals surface area (Å²) in [5, 5.41) is 3.20. The van der Waals surface area contributed by atoms with Crippen LogP contribution in [0.1, 0.15) is 12.0 Å². The number of ether oxygens (including phenoxy) is 1. The summed E-state index contributed by atoms with van der Waals surface area (Å²) in [5.74, 6) is 0.460. The SMILES string of the molecule is COc1ccc(CCCNC(=O)CN(C)S(=O)(=O)c2ccc(Cl)cc2)cc1. The van der Waals surface area contributed by atoms with Crippen molar-refractivity contribution in [3.8, 4) is 5.75 Å². The molecule has 2 aromatic rings. The zero-order valence-corrected chi connectivity index (χ0v) is 16.9. The smallest absolute Gasteiger partial charge is 0.243 e. The summed E-state index contributed by atoms with van der Waals surface area (Å²) in [7, 11) is -0.733. The van der Waals surface area contributed by atoms with E-state index in [9.17, 15) is 13.2 Å². The van der Waals surface area contributed by atoms with Gasteiger partial charge in [-0.1, -0.05) is 23.7 Å². The molecule has 0 bridgehead atoms. The molecule has 0 fully saturated rings. The minimum atomic E-state index is -3.73. The van der Waals surface area contributed by atoms with Gasteiger partial charge in [-0.15, -0.1) is 0 Å². The molecule has 0 aliphatic rings. The van der Waals surface area contributed by atoms with Crippen molar-refractivity contribution in [3.63, 3.8) is 0 Å². The van der Waals surface area contributed by atoms with Crippen molar-refractivity contribution in [2.24, 2.45) is 0 Å². The maximum absolute atomic E-state index is 12.4. The first kappa shape index (κ1) is 21.2. The summed E-state index contributed by atoms with van der Waals surface area (Å²) in [4.78, 5) is 12.1. The van der Waals surface area contributed by atoms with Crippen LogP contribution < -0.4 is 10.1 Å². The highest BCUT2D eigenvalue weighted by Crippen LogP contribution is 2.17. The number of nitrogens with one attached hydrogen (secondary N) is 1. The minimum absolute atomic E-state index is 0.0988. The number of likely N-dealkylation sites (N-methyl/N-ethyl adjacent to an activating group) is 1. The highest BCUT2D eigenvalue weighted by atomic mass is 35.5. The van der Waals surface area contributed by atoms with Crippen LogP contribution in [-0.2, 0) is 21.2 Å². The van der Waals surface area contributed by atoms with Crippen molar-refractivity contribution < 1.29 is 17.9 Å². The number of hydrogen-bond donors (Lipinski definition) is 1. The molecule has 0 atom stereocenters. The number of sulfonamides is 1. The van der Waals surface area contributed by atoms with Crippen LogP contribution in [0.4, 0.5) is 0 Å². The summed E-state index contributed by atoms with van der Waals surface area (Å²) in [5.41, 5.74) is 1.15. The number of aryl methyl sites for hydroxylation is 1. The van der Waals surface area contributed by atoms with E-state index in [2.05, 4.69) is 5.32 Å². The standard InChI is InChI=1S/C19H23ClN2O4S/c1-22(27(24,25)18-11-7-16(20)8-12-18)14-19(23)21-13-3-4-15-5-9-17(26-2)10-6-15/h5-12H,3-4,13-14H2,1-2H3,(H,21,23). The third kappa shape index (κ3) is 6.23. The van der Waals surface area contributed by atoms with Crippen molar-refractivity contribution in [3.05, 3.63) is 59.1 Å². The van der Waals surface area contributed by atoms with E-state index in [1.54, 1.807) is 7.11 Å². The zero-order valence-electron chi connectivity index (χ0n) is 15.3. The number of amides is 1. The van der Waals surface area contributed by atoms with Crippen molar-refractivity contribution in [2.75, 3.05) is 27.2 Å². The first-order valence-electron chi connectivity index (χ1n) is 8.44. The van der Waals surface area contributed by atoms with Gasteiger partial charge in [-0.2, -0.15) is 4.31 Å². The monoisotopic (exact) mass is 410 g/mol. The van der Waals surface area contributed by atoms with Crippen LogP contribution in [0.2, 0.25) is 5.02 Å². The van der Waals surface area contributed by atoms with Crippen molar-refractivity contribution >= 4 is 27.5 Å². The fourth-order valence-corrected chi connectivity index (χ4v) is 3.70. The second-order valence-corrected chi connectivity index (χ2v) is 8.50. The van der Waals surface area contributed by atoms with E-state index in [1.165, 1.54) is 31.3 Å². The number of rotatable bonds is 9. The molecule has 0 spiro atoms. The number of benzene rings is 2. The van der Waals surface area contributed by atoms with E-state index in [-0.39, 0.29) is 17.3 Å². The van der Waals surface area contributed by atoms with E-state index in [1.807, 2.05) is 24.3 Å². The van der Waals surface area contributed by atoms with Crippen LogP contribution in [0.3, 0.4) is 0 Å². The van der Waals surface area contributed by atoms with Crippen LogP contribution in [0.5, 0.6) is 5.75 Å². The lowest BCUT2D eigenvalue weighted by molar-refractivity contribution is -0.121. The first-order chi connectivity index (χ1) is 12.8. The lowest BCUT2D eigenvalue weighted by atomic mass is 10.1. The van der Waals surface area contributed by atoms with Gasteiger partial charge in [0, 0.05) is 18.6 Å². The number of halogens is 1. The molecule has 146 valence electrons. The summed E-state index contributed by atoms with van der Waals surface area (Å²) in [6.45, 7) is 0.229. The van der Waals surface area contributed by atoms with Crippen LogP contribution >= 0.6 is 11.6 Å². The normalized spacial score (nSPS) is 11.4. The van der Waals surface area contributed by atoms with E-state index in [0.29, 0.717) is 11.6 Å². The second-order valence-electron chi connectivity index (χ2n) is 6.02. The highest BCUT2D eigenvalue weighted by Gasteiger charge is 2.22. The zero-order chi connectivity index (χ0) is 19.9. The molecule has 8 heteroatoms. The molecule has 0 unspecified atom stereocenters. The van der Waals surface area contributed by atoms with Gasteiger partial charge in [0.1, 0.15) is 5.75 Å². The van der Waals surface area contributed by atoms with Gasteiger partial charge in [0.05, 0.1) is 18.6 Å². The Morgan fingerprint density at radius 3 is 2.33 bits per heavy atom. The average molecular weight is 411 g/mol. The Morgan fingerprint density at radius 1 is 1.11 bits per heavy atom. The predicted molar refractivity (Wildman–Crippen MR) is 106 cm³/mol. The van der Waals surface area contributed by atoms with Crippen LogP contribution in [0.25, 0.3) is 0 Å². The molecule has 6 nitrogen and oxygen atoms in total. The number of carbonyl (C=O) groups is 1. The predicted octanol–water partition coefficient (Wildman–Crippen LogP) is 2.72. The summed E-state index contributed by atoms with van der Waals surface area (Å²) < 4.78 is 31.0. The van der Waals surface area contributed by atoms with Crippen molar-refractivity contribution in [2.45, 2.75) is 17.7 Å². The number of nitrogens with zero attached hydrogens (tertiary/aromatic N) is 1. The minimum Gasteiger partial charge on any atom is -0.497 e. The number of methoxy groups -OCH3 is 1. The van der Waals surface area contributed by atoms with Crippen LogP contribution in [0.15, 0.2) is 53.4 Å². The van der Waals surface area contributed by atoms with Gasteiger partial charge in [0.25, 0.3) is 0 Å². The fraction of sp³-hybridized carbons (Fsp3) is 0.316. The molecule has 0 saturated carbocycles. The van der Waals surface area contributed by atoms with Crippen molar-refractivity contribution in [1.29, 1.82) is 0 Å². The van der Waals surface area contributed by atoms with Gasteiger partial charge in [0.2, 0.25) is 15.9 Å². The van der Waals surface area contributed by atoms with E-state index in [4.69, 9.17) is 16.3 Å². The molecule has 0 saturated heterocycles. The largest absolute Gasteiger partial charge is 0.497 e. The molecule has 2 aromatic carbocycles. The topological polar surface area (TPSA) is 75.7 Å². The quantitative estimate of drug-likeness (QED) is 0.645. The third-order valence-corrected chi connectivity index (χ3v) is 6.08. The summed E-state index contributed by atoms with van der Waals surface area (Å²) in [6, 6.07) is 13.6. The Balaban J connectivity index is 1.78. The Bertz CT molecular complexity index is 852. The molecule has 1 N–H and O–H groups in total. The van der Waals surface area contributed by atoms with Gasteiger partial charge in [0.15, 0.2) is 0 Å². The van der Waals surface area contributed by atoms with Gasteiger partial charge >= 0.3 is 0 Å². The van der Waals surface area contributed by atoms with Gasteiger partial charge in [-0.25, -0.2) is 8.42 Å². The maximum atomic E-state index is 12.4. The molecule has 0 radical (unpaired) electrons. The molecule has 0 aliphatic carbocycles. The van der Waals surface area contributed by atoms with Crippen molar-refractivity contribution in [1.82, 2.24) is 9.62 Å². The lowest BCUT2D eigenvalue weighted by Crippen LogP contribution is -2.38. The van der Waals surface area contributed by atoms with Gasteiger partial charge in [-0.05, 0) is 54.8 Å². The Hall–Kier alpha value is -2.09. The summed E-state index contributed by atoms with van der Waals surface area (Å²) in [6.07, 6.45) is 1.56. The third-order valence-electron chi connectivity index (χ3n) is 4.01. The molecule has 0 aromatic heterocycles. The molecule has 27 heavy (non-hydrogen) atoms. The lowest BCUT2D eigenvalue weighted by Gasteiger charge is -2.17. The Kier molecular flexibility index (Phi) is 7.65.